The van der Waals surface area contributed by atoms with E-state index < -0.39 is 8.32 Å². The molecule has 0 spiro atoms. The van der Waals surface area contributed by atoms with E-state index in [2.05, 4.69) is 0 Å². The Morgan fingerprint density at radius 2 is 0.893 bits per heavy atom. The monoisotopic (exact) mass is 494 g/mol. The summed E-state index contributed by atoms with van der Waals surface area (Å²) in [6, 6.07) is 0. The van der Waals surface area contributed by atoms with Crippen molar-refractivity contribution in [2.24, 2.45) is 0 Å². The molecule has 3 rings (SSSR count). The van der Waals surface area contributed by atoms with Crippen LogP contribution in [0, 0.1) is 0 Å². The van der Waals surface area contributed by atoms with Crippen LogP contribution in [0.25, 0.3) is 0 Å². The first kappa shape index (κ1) is 31.1. The summed E-state index contributed by atoms with van der Waals surface area (Å²) in [6.45, 7) is 3.73. The molecule has 3 fully saturated rings. The van der Waals surface area contributed by atoms with Crippen LogP contribution >= 0.6 is 0 Å². The Bertz CT molecular complexity index is 307. The molecule has 1 unspecified atom stereocenters. The molecule has 0 aromatic heterocycles. The summed E-state index contributed by atoms with van der Waals surface area (Å²) in [5, 5.41) is 8.36. The molecule has 0 aromatic rings. The third-order valence-electron chi connectivity index (χ3n) is 7.37. The van der Waals surface area contributed by atoms with Crippen molar-refractivity contribution in [3.8, 4) is 0 Å². The minimum Gasteiger partial charge on any atom is -0.431 e. The van der Waals surface area contributed by atoms with E-state index in [1.807, 2.05) is 6.92 Å². The Morgan fingerprint density at radius 1 is 0.679 bits per heavy atom. The van der Waals surface area contributed by atoms with Gasteiger partial charge in [-0.15, -0.1) is 0 Å². The quantitative estimate of drug-likeness (QED) is 0.533. The molecule has 0 radical (unpaired) electrons. The first-order valence-electron chi connectivity index (χ1n) is 11.5. The van der Waals surface area contributed by atoms with Crippen molar-refractivity contribution in [2.75, 3.05) is 0 Å². The van der Waals surface area contributed by atoms with E-state index in [0.717, 1.165) is 23.0 Å². The molecule has 3 aliphatic carbocycles. The van der Waals surface area contributed by atoms with Crippen LogP contribution in [-0.2, 0) is 26.2 Å². The van der Waals surface area contributed by atoms with Crippen LogP contribution in [0.3, 0.4) is 0 Å². The van der Waals surface area contributed by atoms with E-state index in [-0.39, 0.29) is 43.3 Å². The second-order valence-corrected chi connectivity index (χ2v) is 13.4. The molecule has 0 amide bonds. The van der Waals surface area contributed by atoms with Crippen LogP contribution in [0.1, 0.15) is 117 Å². The molecular weight excluding hydrogens is 448 g/mol. The van der Waals surface area contributed by atoms with Gasteiger partial charge in [0.1, 0.15) is 0 Å². The van der Waals surface area contributed by atoms with Crippen molar-refractivity contribution in [3.05, 3.63) is 0 Å². The van der Waals surface area contributed by atoms with Crippen molar-refractivity contribution in [2.45, 2.75) is 139 Å². The maximum absolute atomic E-state index is 12.0. The van der Waals surface area contributed by atoms with Crippen LogP contribution in [0.4, 0.5) is 0 Å². The number of hydrogen-bond acceptors (Lipinski definition) is 2. The van der Waals surface area contributed by atoms with Gasteiger partial charge in [0.2, 0.25) is 0 Å². The van der Waals surface area contributed by atoms with Gasteiger partial charge in [-0.05, 0) is 30.0 Å². The number of aliphatic hydroxyl groups excluding tert-OH is 1. The second-order valence-electron chi connectivity index (χ2n) is 9.15. The standard InChI is InChI=1S/C18H34OSi.C4H10O.2H2O.Zr/c19-20(16-10-4-1-5-11-16,17-12-6-2-7-13-17)18-14-8-3-9-15-18;1-3-4(2)5;;;/h16-19H,1-15H2;4-5H,3H2,1-2H3;2*1H2;. The van der Waals surface area contributed by atoms with Gasteiger partial charge >= 0.3 is 0 Å². The number of rotatable bonds is 4. The van der Waals surface area contributed by atoms with Crippen LogP contribution in [0.2, 0.25) is 16.6 Å². The van der Waals surface area contributed by atoms with Gasteiger partial charge in [0.25, 0.3) is 0 Å². The fraction of sp³-hybridized carbons (Fsp3) is 1.00. The Kier molecular flexibility index (Phi) is 18.5. The van der Waals surface area contributed by atoms with Crippen LogP contribution < -0.4 is 0 Å². The Labute approximate surface area is 194 Å². The zero-order chi connectivity index (χ0) is 18.1. The molecule has 4 nitrogen and oxygen atoms in total. The van der Waals surface area contributed by atoms with Gasteiger partial charge in [-0.1, -0.05) is 103 Å². The summed E-state index contributed by atoms with van der Waals surface area (Å²) in [7, 11) is -2.05. The summed E-state index contributed by atoms with van der Waals surface area (Å²) >= 11 is 0. The average molecular weight is 496 g/mol. The first-order chi connectivity index (χ1) is 12.1. The Morgan fingerprint density at radius 3 is 1.07 bits per heavy atom. The maximum atomic E-state index is 12.0. The molecule has 1 atom stereocenters. The normalized spacial score (nSPS) is 23.1. The fourth-order valence-electron chi connectivity index (χ4n) is 5.70. The predicted octanol–water partition coefficient (Wildman–Crippen LogP) is 5.05. The number of hydrogen-bond donors (Lipinski definition) is 2. The van der Waals surface area contributed by atoms with Crippen LogP contribution in [0.5, 0.6) is 0 Å². The number of aliphatic hydroxyl groups is 1. The summed E-state index contributed by atoms with van der Waals surface area (Å²) in [5.41, 5.74) is 2.30. The molecule has 0 bridgehead atoms. The van der Waals surface area contributed by atoms with Gasteiger partial charge in [0.15, 0.2) is 8.32 Å². The van der Waals surface area contributed by atoms with E-state index >= 15 is 0 Å². The average Bonchev–Trinajstić information content (AvgIpc) is 2.70. The Hall–Kier alpha value is 0.940. The summed E-state index contributed by atoms with van der Waals surface area (Å²) in [4.78, 5) is 12.0. The van der Waals surface area contributed by atoms with E-state index in [9.17, 15) is 4.80 Å². The second kappa shape index (κ2) is 16.6. The molecule has 0 aromatic carbocycles. The maximum Gasteiger partial charge on any atom is 0.197 e. The molecule has 0 heterocycles. The first-order valence-corrected chi connectivity index (χ1v) is 13.7. The van der Waals surface area contributed by atoms with Crippen molar-refractivity contribution >= 4 is 8.32 Å². The molecular formula is C22H48O4SiZr. The third-order valence-corrected chi connectivity index (χ3v) is 13.0. The van der Waals surface area contributed by atoms with Gasteiger partial charge in [-0.2, -0.15) is 0 Å². The van der Waals surface area contributed by atoms with Gasteiger partial charge in [-0.3, -0.25) is 0 Å². The minimum atomic E-state index is -2.05. The van der Waals surface area contributed by atoms with Crippen LogP contribution in [0.15, 0.2) is 0 Å². The summed E-state index contributed by atoms with van der Waals surface area (Å²) in [6.07, 6.45) is 21.7. The topological polar surface area (TPSA) is 103 Å². The molecule has 0 saturated heterocycles. The minimum absolute atomic E-state index is 0. The van der Waals surface area contributed by atoms with Gasteiger partial charge in [0, 0.05) is 26.2 Å². The summed E-state index contributed by atoms with van der Waals surface area (Å²) in [5.74, 6) is 0. The molecule has 3 saturated carbocycles. The van der Waals surface area contributed by atoms with E-state index in [1.165, 1.54) is 96.3 Å². The molecule has 0 aliphatic heterocycles. The van der Waals surface area contributed by atoms with Gasteiger partial charge in [-0.25, -0.2) is 0 Å². The smallest absolute Gasteiger partial charge is 0.197 e. The van der Waals surface area contributed by atoms with Crippen molar-refractivity contribution in [1.29, 1.82) is 0 Å². The molecule has 6 N–H and O–H groups in total. The third kappa shape index (κ3) is 8.98. The van der Waals surface area contributed by atoms with Crippen molar-refractivity contribution in [1.82, 2.24) is 0 Å². The molecule has 168 valence electrons. The predicted molar refractivity (Wildman–Crippen MR) is 118 cm³/mol. The van der Waals surface area contributed by atoms with Gasteiger partial charge < -0.3 is 20.9 Å². The van der Waals surface area contributed by atoms with E-state index in [0.29, 0.717) is 0 Å². The SMILES string of the molecule is CCC(C)O.O.O.O[Si](C1CCCCC1)(C1CCCCC1)C1CCCCC1.[Zr]. The molecule has 28 heavy (non-hydrogen) atoms. The zero-order valence-corrected chi connectivity index (χ0v) is 22.0. The van der Waals surface area contributed by atoms with Crippen LogP contribution in [-0.4, -0.2) is 35.3 Å². The largest absolute Gasteiger partial charge is 0.431 e. The fourth-order valence-corrected chi connectivity index (χ4v) is 11.7. The van der Waals surface area contributed by atoms with Crippen molar-refractivity contribution in [3.63, 3.8) is 0 Å². The molecule has 6 heteroatoms. The van der Waals surface area contributed by atoms with Crippen molar-refractivity contribution < 1.29 is 47.1 Å². The van der Waals surface area contributed by atoms with E-state index in [4.69, 9.17) is 5.11 Å². The molecule has 3 aliphatic rings. The van der Waals surface area contributed by atoms with Gasteiger partial charge in [0.05, 0.1) is 6.10 Å². The zero-order valence-electron chi connectivity index (χ0n) is 18.5. The summed E-state index contributed by atoms with van der Waals surface area (Å²) < 4.78 is 0. The van der Waals surface area contributed by atoms with E-state index in [1.54, 1.807) is 6.92 Å². The Balaban J connectivity index is 0.